The summed E-state index contributed by atoms with van der Waals surface area (Å²) in [6, 6.07) is 7.00. The zero-order valence-electron chi connectivity index (χ0n) is 12.4. The first-order valence-corrected chi connectivity index (χ1v) is 7.62. The first-order chi connectivity index (χ1) is 11.5. The van der Waals surface area contributed by atoms with Crippen LogP contribution in [0.2, 0.25) is 10.2 Å². The van der Waals surface area contributed by atoms with Crippen LogP contribution in [0.25, 0.3) is 11.1 Å². The summed E-state index contributed by atoms with van der Waals surface area (Å²) >= 11 is 12.6. The van der Waals surface area contributed by atoms with Gasteiger partial charge >= 0.3 is 0 Å². The van der Waals surface area contributed by atoms with Gasteiger partial charge in [-0.2, -0.15) is 10.5 Å². The minimum Gasteiger partial charge on any atom is -0.392 e. The molecule has 0 bridgehead atoms. The van der Waals surface area contributed by atoms with Crippen LogP contribution in [-0.2, 0) is 26.4 Å². The highest BCUT2D eigenvalue weighted by Crippen LogP contribution is 2.42. The molecule has 0 amide bonds. The Balaban J connectivity index is 2.84. The molecular formula is C16H13Cl2N3O3. The fourth-order valence-corrected chi connectivity index (χ4v) is 3.34. The summed E-state index contributed by atoms with van der Waals surface area (Å²) < 4.78 is 1.28. The Morgan fingerprint density at radius 3 is 2.17 bits per heavy atom. The second-order valence-corrected chi connectivity index (χ2v) is 5.62. The molecule has 24 heavy (non-hydrogen) atoms. The van der Waals surface area contributed by atoms with E-state index in [9.17, 15) is 20.6 Å². The zero-order chi connectivity index (χ0) is 17.9. The lowest BCUT2D eigenvalue weighted by Crippen LogP contribution is -2.03. The van der Waals surface area contributed by atoms with Gasteiger partial charge in [-0.1, -0.05) is 35.3 Å². The predicted molar refractivity (Wildman–Crippen MR) is 88.0 cm³/mol. The average Bonchev–Trinajstić information content (AvgIpc) is 2.83. The van der Waals surface area contributed by atoms with E-state index in [0.29, 0.717) is 27.8 Å². The summed E-state index contributed by atoms with van der Waals surface area (Å²) in [5.41, 5.74) is 1.96. The van der Waals surface area contributed by atoms with Crippen molar-refractivity contribution in [2.45, 2.75) is 26.4 Å². The van der Waals surface area contributed by atoms with Crippen molar-refractivity contribution < 1.29 is 15.3 Å². The van der Waals surface area contributed by atoms with Crippen molar-refractivity contribution in [3.8, 4) is 23.3 Å². The van der Waals surface area contributed by atoms with Crippen LogP contribution in [0, 0.1) is 22.7 Å². The van der Waals surface area contributed by atoms with E-state index in [1.807, 2.05) is 12.1 Å². The number of hydrogen-bond donors (Lipinski definition) is 3. The smallest absolute Gasteiger partial charge is 0.141 e. The largest absolute Gasteiger partial charge is 0.392 e. The van der Waals surface area contributed by atoms with E-state index in [1.165, 1.54) is 4.57 Å². The Morgan fingerprint density at radius 1 is 1.00 bits per heavy atom. The zero-order valence-corrected chi connectivity index (χ0v) is 13.9. The van der Waals surface area contributed by atoms with Gasteiger partial charge in [-0.3, -0.25) is 0 Å². The molecule has 0 radical (unpaired) electrons. The van der Waals surface area contributed by atoms with E-state index in [2.05, 4.69) is 0 Å². The first kappa shape index (κ1) is 18.3. The highest BCUT2D eigenvalue weighted by atomic mass is 35.5. The Bertz CT molecular complexity index is 863. The van der Waals surface area contributed by atoms with Gasteiger partial charge in [-0.05, 0) is 22.3 Å². The maximum atomic E-state index is 9.73. The number of hydrogen-bond acceptors (Lipinski definition) is 5. The molecule has 0 aliphatic rings. The van der Waals surface area contributed by atoms with Crippen molar-refractivity contribution in [1.29, 1.82) is 10.5 Å². The second-order valence-electron chi connectivity index (χ2n) is 4.89. The molecule has 0 saturated heterocycles. The van der Waals surface area contributed by atoms with Crippen LogP contribution < -0.4 is 0 Å². The molecule has 0 fully saturated rings. The molecule has 8 heteroatoms. The second kappa shape index (κ2) is 7.67. The molecular weight excluding hydrogens is 353 g/mol. The number of aliphatic hydroxyl groups is 3. The summed E-state index contributed by atoms with van der Waals surface area (Å²) in [5.74, 6) is 0. The lowest BCUT2D eigenvalue weighted by Gasteiger charge is -2.15. The SMILES string of the molecule is N#CCn1c(Cl)c(-c2ccc(CO)c(CO)c2CO)c(Cl)c1C#N. The molecule has 0 spiro atoms. The van der Waals surface area contributed by atoms with E-state index in [1.54, 1.807) is 12.1 Å². The summed E-state index contributed by atoms with van der Waals surface area (Å²) in [7, 11) is 0. The highest BCUT2D eigenvalue weighted by molar-refractivity contribution is 6.40. The molecule has 1 heterocycles. The van der Waals surface area contributed by atoms with Crippen molar-refractivity contribution in [2.75, 3.05) is 0 Å². The van der Waals surface area contributed by atoms with Gasteiger partial charge in [0.15, 0.2) is 0 Å². The fourth-order valence-electron chi connectivity index (χ4n) is 2.62. The van der Waals surface area contributed by atoms with Crippen molar-refractivity contribution in [1.82, 2.24) is 4.57 Å². The number of rotatable bonds is 5. The normalized spacial score (nSPS) is 10.5. The fraction of sp³-hybridized carbons (Fsp3) is 0.250. The monoisotopic (exact) mass is 365 g/mol. The minimum absolute atomic E-state index is 0.0406. The predicted octanol–water partition coefficient (Wildman–Crippen LogP) is 2.33. The van der Waals surface area contributed by atoms with E-state index in [4.69, 9.17) is 28.5 Å². The summed E-state index contributed by atoms with van der Waals surface area (Å²) in [6.45, 7) is -1.27. The van der Waals surface area contributed by atoms with Gasteiger partial charge in [0, 0.05) is 5.56 Å². The Morgan fingerprint density at radius 2 is 1.67 bits per heavy atom. The number of nitriles is 2. The van der Waals surface area contributed by atoms with Gasteiger partial charge in [0.1, 0.15) is 23.5 Å². The van der Waals surface area contributed by atoms with Crippen molar-refractivity contribution in [3.63, 3.8) is 0 Å². The van der Waals surface area contributed by atoms with Crippen LogP contribution >= 0.6 is 23.2 Å². The van der Waals surface area contributed by atoms with Crippen LogP contribution in [0.1, 0.15) is 22.4 Å². The van der Waals surface area contributed by atoms with Gasteiger partial charge in [0.25, 0.3) is 0 Å². The van der Waals surface area contributed by atoms with Gasteiger partial charge in [0.2, 0.25) is 0 Å². The standard InChI is InChI=1S/C16H13Cl2N3O3/c17-15-13(5-20)21(4-3-19)16(18)14(15)10-2-1-9(6-22)11(7-23)12(10)8-24/h1-2,22-24H,4,6-8H2. The number of benzene rings is 1. The molecule has 3 N–H and O–H groups in total. The molecule has 0 aliphatic carbocycles. The molecule has 0 unspecified atom stereocenters. The van der Waals surface area contributed by atoms with E-state index in [-0.39, 0.29) is 29.0 Å². The Kier molecular flexibility index (Phi) is 5.84. The lowest BCUT2D eigenvalue weighted by molar-refractivity contribution is 0.248. The van der Waals surface area contributed by atoms with E-state index < -0.39 is 13.2 Å². The van der Waals surface area contributed by atoms with Crippen molar-refractivity contribution in [2.24, 2.45) is 0 Å². The van der Waals surface area contributed by atoms with Gasteiger partial charge in [-0.15, -0.1) is 0 Å². The molecule has 0 saturated carbocycles. The molecule has 2 aromatic rings. The third kappa shape index (κ3) is 2.87. The van der Waals surface area contributed by atoms with Crippen LogP contribution in [0.15, 0.2) is 12.1 Å². The molecule has 1 aromatic heterocycles. The summed E-state index contributed by atoms with van der Waals surface area (Å²) in [5, 5.41) is 47.0. The van der Waals surface area contributed by atoms with Crippen LogP contribution in [-0.4, -0.2) is 19.9 Å². The lowest BCUT2D eigenvalue weighted by atomic mass is 9.93. The average molecular weight is 366 g/mol. The highest BCUT2D eigenvalue weighted by Gasteiger charge is 2.24. The van der Waals surface area contributed by atoms with Crippen LogP contribution in [0.5, 0.6) is 0 Å². The van der Waals surface area contributed by atoms with Gasteiger partial charge < -0.3 is 19.9 Å². The topological polar surface area (TPSA) is 113 Å². The quantitative estimate of drug-likeness (QED) is 0.752. The number of halogens is 2. The number of aromatic nitrogens is 1. The summed E-state index contributed by atoms with van der Waals surface area (Å²) in [6.07, 6.45) is 0. The Hall–Kier alpha value is -2.06. The maximum absolute atomic E-state index is 9.73. The van der Waals surface area contributed by atoms with E-state index >= 15 is 0 Å². The molecule has 124 valence electrons. The summed E-state index contributed by atoms with van der Waals surface area (Å²) in [4.78, 5) is 0. The van der Waals surface area contributed by atoms with Crippen molar-refractivity contribution >= 4 is 23.2 Å². The number of aliphatic hydroxyl groups excluding tert-OH is 3. The maximum Gasteiger partial charge on any atom is 0.141 e. The van der Waals surface area contributed by atoms with Gasteiger partial charge in [0.05, 0.1) is 30.9 Å². The Labute approximate surface area is 148 Å². The third-order valence-electron chi connectivity index (χ3n) is 3.76. The van der Waals surface area contributed by atoms with E-state index in [0.717, 1.165) is 0 Å². The van der Waals surface area contributed by atoms with Gasteiger partial charge in [-0.25, -0.2) is 0 Å². The molecule has 2 rings (SSSR count). The molecule has 6 nitrogen and oxygen atoms in total. The molecule has 0 aliphatic heterocycles. The molecule has 1 aromatic carbocycles. The van der Waals surface area contributed by atoms with Crippen LogP contribution in [0.3, 0.4) is 0 Å². The third-order valence-corrected chi connectivity index (χ3v) is 4.52. The number of nitrogens with zero attached hydrogens (tertiary/aromatic N) is 3. The van der Waals surface area contributed by atoms with Crippen LogP contribution in [0.4, 0.5) is 0 Å². The molecule has 0 atom stereocenters. The minimum atomic E-state index is -0.420. The van der Waals surface area contributed by atoms with Crippen molar-refractivity contribution in [3.05, 3.63) is 44.7 Å². The first-order valence-electron chi connectivity index (χ1n) is 6.86.